The topological polar surface area (TPSA) is 23.5 Å². The second-order valence-electron chi connectivity index (χ2n) is 5.78. The molecule has 0 aromatic rings. The van der Waals surface area contributed by atoms with Gasteiger partial charge in [0.2, 0.25) is 0 Å². The normalized spacial score (nSPS) is 21.7. The highest BCUT2D eigenvalue weighted by atomic mass is 16.3. The van der Waals surface area contributed by atoms with Crippen LogP contribution < -0.4 is 0 Å². The minimum atomic E-state index is -0.140. The number of aliphatic hydroxyl groups is 1. The van der Waals surface area contributed by atoms with Crippen LogP contribution in [0.1, 0.15) is 65.2 Å². The van der Waals surface area contributed by atoms with Gasteiger partial charge in [0.25, 0.3) is 0 Å². The molecule has 2 unspecified atom stereocenters. The molecule has 2 atom stereocenters. The first kappa shape index (κ1) is 15.0. The second-order valence-corrected chi connectivity index (χ2v) is 5.78. The fourth-order valence-electron chi connectivity index (χ4n) is 3.28. The number of hydrogen-bond acceptors (Lipinski definition) is 2. The Morgan fingerprint density at radius 2 is 1.82 bits per heavy atom. The molecule has 2 heteroatoms. The lowest BCUT2D eigenvalue weighted by Gasteiger charge is -2.35. The lowest BCUT2D eigenvalue weighted by atomic mass is 9.88. The predicted octanol–water partition coefficient (Wildman–Crippen LogP) is 3.44. The first-order chi connectivity index (χ1) is 8.19. The zero-order chi connectivity index (χ0) is 12.7. The van der Waals surface area contributed by atoms with Crippen molar-refractivity contribution in [1.29, 1.82) is 0 Å². The summed E-state index contributed by atoms with van der Waals surface area (Å²) in [6.07, 6.45) is 9.97. The van der Waals surface area contributed by atoms with Crippen molar-refractivity contribution in [2.24, 2.45) is 5.92 Å². The molecule has 1 aliphatic rings. The summed E-state index contributed by atoms with van der Waals surface area (Å²) in [4.78, 5) is 2.41. The van der Waals surface area contributed by atoms with E-state index in [1.165, 1.54) is 38.6 Å². The van der Waals surface area contributed by atoms with Gasteiger partial charge >= 0.3 is 0 Å². The Bertz CT molecular complexity index is 189. The van der Waals surface area contributed by atoms with Crippen LogP contribution >= 0.6 is 0 Å². The van der Waals surface area contributed by atoms with Crippen LogP contribution in [0, 0.1) is 5.92 Å². The molecule has 1 fully saturated rings. The molecule has 0 aliphatic heterocycles. The summed E-state index contributed by atoms with van der Waals surface area (Å²) in [5.74, 6) is 0.872. The molecule has 1 N–H and O–H groups in total. The molecular weight excluding hydrogens is 210 g/mol. The average Bonchev–Trinajstić information content (AvgIpc) is 2.31. The quantitative estimate of drug-likeness (QED) is 0.738. The molecule has 0 heterocycles. The van der Waals surface area contributed by atoms with Crippen LogP contribution in [0.4, 0.5) is 0 Å². The molecule has 1 aliphatic carbocycles. The maximum atomic E-state index is 10.2. The maximum Gasteiger partial charge on any atom is 0.0695 e. The highest BCUT2D eigenvalue weighted by Crippen LogP contribution is 2.25. The molecule has 1 rings (SSSR count). The van der Waals surface area contributed by atoms with E-state index in [4.69, 9.17) is 0 Å². The van der Waals surface area contributed by atoms with E-state index in [-0.39, 0.29) is 6.10 Å². The van der Waals surface area contributed by atoms with E-state index in [1.54, 1.807) is 0 Å². The summed E-state index contributed by atoms with van der Waals surface area (Å²) in [6.45, 7) is 5.53. The van der Waals surface area contributed by atoms with Crippen LogP contribution in [0.25, 0.3) is 0 Å². The van der Waals surface area contributed by atoms with Crippen LogP contribution in [0.3, 0.4) is 0 Å². The summed E-state index contributed by atoms with van der Waals surface area (Å²) in [5, 5.41) is 10.2. The van der Waals surface area contributed by atoms with Crippen molar-refractivity contribution in [2.75, 3.05) is 13.6 Å². The van der Waals surface area contributed by atoms with Crippen LogP contribution in [0.5, 0.6) is 0 Å². The van der Waals surface area contributed by atoms with Crippen molar-refractivity contribution < 1.29 is 5.11 Å². The highest BCUT2D eigenvalue weighted by molar-refractivity contribution is 4.78. The molecule has 1 saturated carbocycles. The number of likely N-dealkylation sites (N-methyl/N-ethyl adjacent to an activating group) is 1. The van der Waals surface area contributed by atoms with Gasteiger partial charge < -0.3 is 10.0 Å². The summed E-state index contributed by atoms with van der Waals surface area (Å²) >= 11 is 0. The molecular formula is C15H31NO. The highest BCUT2D eigenvalue weighted by Gasteiger charge is 2.24. The number of rotatable bonds is 7. The van der Waals surface area contributed by atoms with Crippen LogP contribution in [0.15, 0.2) is 0 Å². The SMILES string of the molecule is CCCC(O)C(CC)N(C)CC1CCCCC1. The van der Waals surface area contributed by atoms with Gasteiger partial charge in [0.15, 0.2) is 0 Å². The lowest BCUT2D eigenvalue weighted by molar-refractivity contribution is 0.0435. The van der Waals surface area contributed by atoms with E-state index in [0.29, 0.717) is 6.04 Å². The maximum absolute atomic E-state index is 10.2. The van der Waals surface area contributed by atoms with E-state index < -0.39 is 0 Å². The molecule has 0 radical (unpaired) electrons. The Morgan fingerprint density at radius 3 is 2.35 bits per heavy atom. The van der Waals surface area contributed by atoms with Crippen LogP contribution in [-0.4, -0.2) is 35.7 Å². The van der Waals surface area contributed by atoms with Gasteiger partial charge in [-0.05, 0) is 38.6 Å². The Balaban J connectivity index is 2.38. The van der Waals surface area contributed by atoms with Gasteiger partial charge in [-0.15, -0.1) is 0 Å². The molecule has 0 amide bonds. The van der Waals surface area contributed by atoms with Gasteiger partial charge in [-0.25, -0.2) is 0 Å². The Morgan fingerprint density at radius 1 is 1.18 bits per heavy atom. The van der Waals surface area contributed by atoms with Crippen molar-refractivity contribution in [3.8, 4) is 0 Å². The largest absolute Gasteiger partial charge is 0.391 e. The van der Waals surface area contributed by atoms with Gasteiger partial charge in [-0.1, -0.05) is 39.5 Å². The minimum Gasteiger partial charge on any atom is -0.391 e. The first-order valence-electron chi connectivity index (χ1n) is 7.57. The number of aliphatic hydroxyl groups excluding tert-OH is 1. The zero-order valence-corrected chi connectivity index (χ0v) is 12.0. The van der Waals surface area contributed by atoms with E-state index in [0.717, 1.165) is 25.2 Å². The van der Waals surface area contributed by atoms with Gasteiger partial charge in [-0.3, -0.25) is 0 Å². The monoisotopic (exact) mass is 241 g/mol. The van der Waals surface area contributed by atoms with Crippen molar-refractivity contribution in [3.63, 3.8) is 0 Å². The summed E-state index contributed by atoms with van der Waals surface area (Å²) in [7, 11) is 2.20. The zero-order valence-electron chi connectivity index (χ0n) is 12.0. The molecule has 17 heavy (non-hydrogen) atoms. The van der Waals surface area contributed by atoms with Crippen molar-refractivity contribution in [3.05, 3.63) is 0 Å². The summed E-state index contributed by atoms with van der Waals surface area (Å²) in [6, 6.07) is 0.358. The molecule has 0 bridgehead atoms. The van der Waals surface area contributed by atoms with Gasteiger partial charge in [0, 0.05) is 12.6 Å². The number of nitrogens with zero attached hydrogens (tertiary/aromatic N) is 1. The lowest BCUT2D eigenvalue weighted by Crippen LogP contribution is -2.43. The third-order valence-electron chi connectivity index (χ3n) is 4.28. The van der Waals surface area contributed by atoms with E-state index in [2.05, 4.69) is 25.8 Å². The van der Waals surface area contributed by atoms with Gasteiger partial charge in [0.05, 0.1) is 6.10 Å². The smallest absolute Gasteiger partial charge is 0.0695 e. The molecule has 0 saturated heterocycles. The van der Waals surface area contributed by atoms with E-state index in [1.807, 2.05) is 0 Å². The van der Waals surface area contributed by atoms with Crippen LogP contribution in [0.2, 0.25) is 0 Å². The Hall–Kier alpha value is -0.0800. The molecule has 0 aromatic heterocycles. The predicted molar refractivity (Wildman–Crippen MR) is 74.2 cm³/mol. The Kier molecular flexibility index (Phi) is 7.14. The van der Waals surface area contributed by atoms with Crippen LogP contribution in [-0.2, 0) is 0 Å². The standard InChI is InChI=1S/C15H31NO/c1-4-9-15(17)14(5-2)16(3)12-13-10-7-6-8-11-13/h13-15,17H,4-12H2,1-3H3. The fraction of sp³-hybridized carbons (Fsp3) is 1.00. The van der Waals surface area contributed by atoms with E-state index in [9.17, 15) is 5.11 Å². The van der Waals surface area contributed by atoms with Crippen molar-refractivity contribution in [1.82, 2.24) is 4.90 Å². The fourth-order valence-corrected chi connectivity index (χ4v) is 3.28. The summed E-state index contributed by atoms with van der Waals surface area (Å²) < 4.78 is 0. The summed E-state index contributed by atoms with van der Waals surface area (Å²) in [5.41, 5.74) is 0. The van der Waals surface area contributed by atoms with E-state index >= 15 is 0 Å². The van der Waals surface area contributed by atoms with Gasteiger partial charge in [0.1, 0.15) is 0 Å². The molecule has 0 aromatic carbocycles. The third kappa shape index (κ3) is 4.97. The van der Waals surface area contributed by atoms with Crippen molar-refractivity contribution in [2.45, 2.75) is 77.4 Å². The number of hydrogen-bond donors (Lipinski definition) is 1. The minimum absolute atomic E-state index is 0.140. The third-order valence-corrected chi connectivity index (χ3v) is 4.28. The van der Waals surface area contributed by atoms with Crippen molar-refractivity contribution >= 4 is 0 Å². The second kappa shape index (κ2) is 8.10. The van der Waals surface area contributed by atoms with Gasteiger partial charge in [-0.2, -0.15) is 0 Å². The molecule has 0 spiro atoms. The Labute approximate surface area is 107 Å². The molecule has 2 nitrogen and oxygen atoms in total. The average molecular weight is 241 g/mol. The molecule has 102 valence electrons. The first-order valence-corrected chi connectivity index (χ1v) is 7.57.